The van der Waals surface area contributed by atoms with Crippen molar-refractivity contribution in [1.82, 2.24) is 9.97 Å². The summed E-state index contributed by atoms with van der Waals surface area (Å²) < 4.78 is 13.3. The number of rotatable bonds is 2. The largest absolute Gasteiger partial charge is 0.364 e. The van der Waals surface area contributed by atoms with Gasteiger partial charge in [-0.25, -0.2) is 4.39 Å². The fraction of sp³-hybridized carbons (Fsp3) is 0. The number of amides is 1. The Labute approximate surface area is 108 Å². The van der Waals surface area contributed by atoms with Crippen LogP contribution in [0.25, 0.3) is 22.0 Å². The third kappa shape index (κ3) is 1.95. The Hall–Kier alpha value is -2.69. The normalized spacial score (nSPS) is 10.8. The number of pyridine rings is 1. The zero-order chi connectivity index (χ0) is 13.4. The predicted octanol–water partition coefficient (Wildman–Crippen LogP) is 2.47. The number of H-pyrrole nitrogens is 1. The van der Waals surface area contributed by atoms with Crippen LogP contribution in [0.5, 0.6) is 0 Å². The summed E-state index contributed by atoms with van der Waals surface area (Å²) in [5.74, 6) is -0.869. The summed E-state index contributed by atoms with van der Waals surface area (Å²) in [5.41, 5.74) is 7.81. The maximum absolute atomic E-state index is 13.3. The van der Waals surface area contributed by atoms with Crippen molar-refractivity contribution in [2.24, 2.45) is 5.73 Å². The molecular formula is C14H10FN3O. The van der Waals surface area contributed by atoms with Crippen molar-refractivity contribution in [3.8, 4) is 11.1 Å². The molecule has 0 saturated carbocycles. The first-order valence-corrected chi connectivity index (χ1v) is 5.68. The Morgan fingerprint density at radius 3 is 2.79 bits per heavy atom. The van der Waals surface area contributed by atoms with Crippen molar-refractivity contribution >= 4 is 16.8 Å². The summed E-state index contributed by atoms with van der Waals surface area (Å²) in [7, 11) is 0. The van der Waals surface area contributed by atoms with Gasteiger partial charge in [0.1, 0.15) is 11.5 Å². The molecule has 1 aromatic carbocycles. The van der Waals surface area contributed by atoms with Crippen LogP contribution in [-0.4, -0.2) is 15.9 Å². The van der Waals surface area contributed by atoms with Crippen LogP contribution in [0.15, 0.2) is 42.7 Å². The molecule has 0 aliphatic heterocycles. The highest BCUT2D eigenvalue weighted by Gasteiger charge is 2.08. The van der Waals surface area contributed by atoms with E-state index in [0.717, 1.165) is 22.0 Å². The van der Waals surface area contributed by atoms with E-state index in [-0.39, 0.29) is 11.5 Å². The van der Waals surface area contributed by atoms with E-state index in [9.17, 15) is 9.18 Å². The lowest BCUT2D eigenvalue weighted by Crippen LogP contribution is -2.12. The van der Waals surface area contributed by atoms with Crippen LogP contribution in [0.3, 0.4) is 0 Å². The number of fused-ring (bicyclic) bond motifs is 1. The van der Waals surface area contributed by atoms with Crippen molar-refractivity contribution in [1.29, 1.82) is 0 Å². The first-order chi connectivity index (χ1) is 9.15. The van der Waals surface area contributed by atoms with E-state index in [0.29, 0.717) is 0 Å². The minimum Gasteiger partial charge on any atom is -0.364 e. The van der Waals surface area contributed by atoms with Gasteiger partial charge in [0.25, 0.3) is 5.91 Å². The summed E-state index contributed by atoms with van der Waals surface area (Å²) in [6, 6.07) is 7.83. The first-order valence-electron chi connectivity index (χ1n) is 5.68. The van der Waals surface area contributed by atoms with Gasteiger partial charge in [-0.1, -0.05) is 6.07 Å². The van der Waals surface area contributed by atoms with Gasteiger partial charge in [0.15, 0.2) is 0 Å². The summed E-state index contributed by atoms with van der Waals surface area (Å²) in [5, 5.41) is 0.772. The predicted molar refractivity (Wildman–Crippen MR) is 70.0 cm³/mol. The maximum Gasteiger partial charge on any atom is 0.267 e. The molecule has 3 aromatic rings. The Kier molecular flexibility index (Phi) is 2.52. The highest BCUT2D eigenvalue weighted by molar-refractivity contribution is 5.96. The second kappa shape index (κ2) is 4.20. The minimum atomic E-state index is -0.573. The molecule has 4 nitrogen and oxygen atoms in total. The number of hydrogen-bond donors (Lipinski definition) is 2. The van der Waals surface area contributed by atoms with Gasteiger partial charge < -0.3 is 10.7 Å². The number of aromatic nitrogens is 2. The van der Waals surface area contributed by atoms with Gasteiger partial charge in [0.05, 0.1) is 0 Å². The van der Waals surface area contributed by atoms with Crippen molar-refractivity contribution in [2.75, 3.05) is 0 Å². The van der Waals surface area contributed by atoms with Crippen LogP contribution < -0.4 is 5.73 Å². The molecule has 1 amide bonds. The molecule has 0 aliphatic carbocycles. The molecule has 2 heterocycles. The van der Waals surface area contributed by atoms with Crippen molar-refractivity contribution in [3.05, 3.63) is 54.2 Å². The lowest BCUT2D eigenvalue weighted by Gasteiger charge is -2.00. The Morgan fingerprint density at radius 2 is 2.11 bits per heavy atom. The smallest absolute Gasteiger partial charge is 0.267 e. The Balaban J connectivity index is 2.13. The molecule has 94 valence electrons. The number of aromatic amines is 1. The lowest BCUT2D eigenvalue weighted by molar-refractivity contribution is 0.0995. The topological polar surface area (TPSA) is 71.8 Å². The molecule has 3 N–H and O–H groups in total. The quantitative estimate of drug-likeness (QED) is 0.738. The van der Waals surface area contributed by atoms with Crippen LogP contribution in [-0.2, 0) is 0 Å². The summed E-state index contributed by atoms with van der Waals surface area (Å²) >= 11 is 0. The zero-order valence-corrected chi connectivity index (χ0v) is 9.85. The number of carbonyl (C=O) groups excluding carboxylic acids is 1. The number of carbonyl (C=O) groups is 1. The van der Waals surface area contributed by atoms with Gasteiger partial charge in [-0.2, -0.15) is 0 Å². The van der Waals surface area contributed by atoms with Crippen LogP contribution >= 0.6 is 0 Å². The van der Waals surface area contributed by atoms with Gasteiger partial charge in [-0.15, -0.1) is 0 Å². The van der Waals surface area contributed by atoms with Crippen LogP contribution in [0, 0.1) is 5.82 Å². The second-order valence-corrected chi connectivity index (χ2v) is 4.19. The van der Waals surface area contributed by atoms with Gasteiger partial charge in [0.2, 0.25) is 0 Å². The number of primary amides is 1. The van der Waals surface area contributed by atoms with Gasteiger partial charge in [-0.3, -0.25) is 9.78 Å². The fourth-order valence-electron chi connectivity index (χ4n) is 2.03. The molecule has 0 aliphatic rings. The van der Waals surface area contributed by atoms with Crippen LogP contribution in [0.4, 0.5) is 4.39 Å². The molecular weight excluding hydrogens is 245 g/mol. The number of benzene rings is 1. The molecule has 0 spiro atoms. The molecule has 0 fully saturated rings. The second-order valence-electron chi connectivity index (χ2n) is 4.19. The molecule has 3 rings (SSSR count). The van der Waals surface area contributed by atoms with Crippen LogP contribution in [0.2, 0.25) is 0 Å². The first kappa shape index (κ1) is 11.4. The molecule has 0 atom stereocenters. The number of halogens is 1. The van der Waals surface area contributed by atoms with E-state index in [1.165, 1.54) is 12.1 Å². The third-order valence-corrected chi connectivity index (χ3v) is 2.97. The monoisotopic (exact) mass is 255 g/mol. The van der Waals surface area contributed by atoms with E-state index >= 15 is 0 Å². The third-order valence-electron chi connectivity index (χ3n) is 2.97. The Bertz CT molecular complexity index is 762. The van der Waals surface area contributed by atoms with Crippen molar-refractivity contribution < 1.29 is 9.18 Å². The number of nitrogens with two attached hydrogens (primary N) is 1. The molecule has 19 heavy (non-hydrogen) atoms. The van der Waals surface area contributed by atoms with Gasteiger partial charge in [0, 0.05) is 34.4 Å². The molecule has 0 unspecified atom stereocenters. The number of nitrogens with zero attached hydrogens (tertiary/aromatic N) is 1. The fourth-order valence-corrected chi connectivity index (χ4v) is 2.03. The average molecular weight is 255 g/mol. The number of nitrogens with one attached hydrogen (secondary N) is 1. The van der Waals surface area contributed by atoms with E-state index in [1.807, 2.05) is 0 Å². The molecule has 2 aromatic heterocycles. The van der Waals surface area contributed by atoms with Gasteiger partial charge >= 0.3 is 0 Å². The highest BCUT2D eigenvalue weighted by atomic mass is 19.1. The lowest BCUT2D eigenvalue weighted by atomic mass is 10.1. The molecule has 0 saturated heterocycles. The minimum absolute atomic E-state index is 0.203. The summed E-state index contributed by atoms with van der Waals surface area (Å²) in [6.45, 7) is 0. The summed E-state index contributed by atoms with van der Waals surface area (Å²) in [6.07, 6.45) is 3.33. The van der Waals surface area contributed by atoms with E-state index in [2.05, 4.69) is 9.97 Å². The Morgan fingerprint density at radius 1 is 1.26 bits per heavy atom. The van der Waals surface area contributed by atoms with E-state index in [1.54, 1.807) is 30.6 Å². The maximum atomic E-state index is 13.3. The zero-order valence-electron chi connectivity index (χ0n) is 9.85. The molecule has 0 radical (unpaired) electrons. The average Bonchev–Trinajstić information content (AvgIpc) is 2.81. The van der Waals surface area contributed by atoms with E-state index in [4.69, 9.17) is 5.73 Å². The van der Waals surface area contributed by atoms with Gasteiger partial charge in [-0.05, 0) is 24.3 Å². The van der Waals surface area contributed by atoms with Crippen molar-refractivity contribution in [2.45, 2.75) is 0 Å². The molecule has 0 bridgehead atoms. The standard InChI is InChI=1S/C14H10FN3O/c15-9-2-4-12-10(5-9)11(7-18-12)8-1-3-13(14(16)19)17-6-8/h1-7,18H,(H2,16,19). The van der Waals surface area contributed by atoms with E-state index < -0.39 is 5.91 Å². The van der Waals surface area contributed by atoms with Crippen LogP contribution in [0.1, 0.15) is 10.5 Å². The van der Waals surface area contributed by atoms with Crippen molar-refractivity contribution in [3.63, 3.8) is 0 Å². The SMILES string of the molecule is NC(=O)c1ccc(-c2c[nH]c3ccc(F)cc23)cn1. The molecule has 5 heteroatoms. The number of hydrogen-bond acceptors (Lipinski definition) is 2. The highest BCUT2D eigenvalue weighted by Crippen LogP contribution is 2.28. The summed E-state index contributed by atoms with van der Waals surface area (Å²) in [4.78, 5) is 18.0.